The molecule has 4 aromatic rings. The highest BCUT2D eigenvalue weighted by Crippen LogP contribution is 2.24. The number of nitrogens with one attached hydrogen (secondary N) is 1. The van der Waals surface area contributed by atoms with Gasteiger partial charge in [-0.25, -0.2) is 9.78 Å². The molecule has 4 rings (SSSR count). The maximum atomic E-state index is 12.5. The van der Waals surface area contributed by atoms with E-state index in [4.69, 9.17) is 14.2 Å². The van der Waals surface area contributed by atoms with Gasteiger partial charge in [0.25, 0.3) is 0 Å². The number of Topliss-reactive ketones (excluding diaryl/α,β-unsaturated/α-hetero) is 1. The van der Waals surface area contributed by atoms with Crippen LogP contribution < -0.4 is 9.47 Å². The van der Waals surface area contributed by atoms with Gasteiger partial charge in [0, 0.05) is 5.56 Å². The summed E-state index contributed by atoms with van der Waals surface area (Å²) in [5, 5.41) is 0. The molecule has 0 atom stereocenters. The molecule has 0 spiro atoms. The van der Waals surface area contributed by atoms with E-state index in [0.29, 0.717) is 33.7 Å². The molecule has 0 radical (unpaired) electrons. The lowest BCUT2D eigenvalue weighted by molar-refractivity contribution is 0.0474. The summed E-state index contributed by atoms with van der Waals surface area (Å²) in [6, 6.07) is 19.3. The summed E-state index contributed by atoms with van der Waals surface area (Å²) < 4.78 is 15.6. The minimum absolute atomic E-state index is 0.324. The molecule has 0 aliphatic heterocycles. The number of imidazole rings is 1. The number of carbonyl (C=O) groups is 2. The normalized spacial score (nSPS) is 10.6. The van der Waals surface area contributed by atoms with Gasteiger partial charge < -0.3 is 19.2 Å². The molecule has 3 aromatic carbocycles. The van der Waals surface area contributed by atoms with Crippen molar-refractivity contribution in [3.8, 4) is 22.9 Å². The number of benzene rings is 3. The number of esters is 1. The molecule has 7 heteroatoms. The number of ketones is 1. The molecule has 156 valence electrons. The maximum Gasteiger partial charge on any atom is 0.338 e. The number of H-pyrrole nitrogens is 1. The van der Waals surface area contributed by atoms with Crippen LogP contribution in [-0.2, 0) is 4.74 Å². The second-order valence-corrected chi connectivity index (χ2v) is 6.75. The fourth-order valence-corrected chi connectivity index (χ4v) is 3.19. The maximum absolute atomic E-state index is 12.5. The van der Waals surface area contributed by atoms with Crippen molar-refractivity contribution in [2.75, 3.05) is 20.8 Å². The molecule has 1 heterocycles. The largest absolute Gasteiger partial charge is 0.497 e. The van der Waals surface area contributed by atoms with Crippen LogP contribution in [0.3, 0.4) is 0 Å². The monoisotopic (exact) mass is 416 g/mol. The molecule has 1 N–H and O–H groups in total. The molecule has 0 saturated heterocycles. The number of methoxy groups -OCH3 is 2. The Labute approximate surface area is 178 Å². The highest BCUT2D eigenvalue weighted by atomic mass is 16.5. The summed E-state index contributed by atoms with van der Waals surface area (Å²) in [7, 11) is 3.10. The van der Waals surface area contributed by atoms with E-state index in [1.165, 1.54) is 7.11 Å². The Morgan fingerprint density at radius 1 is 0.935 bits per heavy atom. The van der Waals surface area contributed by atoms with Gasteiger partial charge >= 0.3 is 5.97 Å². The Morgan fingerprint density at radius 2 is 1.71 bits per heavy atom. The third-order valence-corrected chi connectivity index (χ3v) is 4.82. The van der Waals surface area contributed by atoms with Crippen LogP contribution in [-0.4, -0.2) is 42.5 Å². The summed E-state index contributed by atoms with van der Waals surface area (Å²) in [6.07, 6.45) is 0. The summed E-state index contributed by atoms with van der Waals surface area (Å²) in [5.41, 5.74) is 2.99. The first-order valence-corrected chi connectivity index (χ1v) is 9.56. The molecule has 0 saturated carbocycles. The number of hydrogen-bond acceptors (Lipinski definition) is 6. The molecule has 0 aliphatic carbocycles. The average molecular weight is 416 g/mol. The van der Waals surface area contributed by atoms with E-state index in [0.717, 1.165) is 11.3 Å². The van der Waals surface area contributed by atoms with Crippen LogP contribution in [0.4, 0.5) is 0 Å². The van der Waals surface area contributed by atoms with Gasteiger partial charge in [-0.2, -0.15) is 0 Å². The number of carbonyl (C=O) groups excluding carboxylic acids is 2. The van der Waals surface area contributed by atoms with E-state index in [1.807, 2.05) is 24.3 Å². The van der Waals surface area contributed by atoms with E-state index in [1.54, 1.807) is 49.6 Å². The van der Waals surface area contributed by atoms with Gasteiger partial charge in [0.2, 0.25) is 5.78 Å². The van der Waals surface area contributed by atoms with Crippen LogP contribution in [0, 0.1) is 0 Å². The Balaban J connectivity index is 1.48. The molecule has 0 bridgehead atoms. The first-order valence-electron chi connectivity index (χ1n) is 9.56. The van der Waals surface area contributed by atoms with E-state index in [-0.39, 0.29) is 12.4 Å². The first kappa shape index (κ1) is 20.2. The first-order chi connectivity index (χ1) is 15.1. The van der Waals surface area contributed by atoms with Crippen molar-refractivity contribution in [1.29, 1.82) is 0 Å². The second-order valence-electron chi connectivity index (χ2n) is 6.75. The lowest BCUT2D eigenvalue weighted by Crippen LogP contribution is -2.15. The van der Waals surface area contributed by atoms with E-state index < -0.39 is 5.97 Å². The van der Waals surface area contributed by atoms with Crippen molar-refractivity contribution >= 4 is 22.8 Å². The smallest absolute Gasteiger partial charge is 0.338 e. The predicted octanol–water partition coefficient (Wildman–Crippen LogP) is 4.29. The standard InChI is InChI=1S/C24H20N2O5/c1-29-17-10-7-15(8-11-17)23-25-19-12-9-16(13-20(19)26-23)24(28)31-14-21(27)18-5-3-4-6-22(18)30-2/h3-13H,14H2,1-2H3,(H,25,26). The minimum Gasteiger partial charge on any atom is -0.497 e. The fraction of sp³-hybridized carbons (Fsp3) is 0.125. The molecule has 1 aromatic heterocycles. The van der Waals surface area contributed by atoms with Gasteiger partial charge in [0.15, 0.2) is 6.61 Å². The highest BCUT2D eigenvalue weighted by Gasteiger charge is 2.16. The third kappa shape index (κ3) is 4.25. The van der Waals surface area contributed by atoms with Gasteiger partial charge in [-0.05, 0) is 54.6 Å². The lowest BCUT2D eigenvalue weighted by atomic mass is 10.1. The van der Waals surface area contributed by atoms with E-state index in [9.17, 15) is 9.59 Å². The lowest BCUT2D eigenvalue weighted by Gasteiger charge is -2.08. The SMILES string of the molecule is COc1ccc(-c2nc3ccc(C(=O)OCC(=O)c4ccccc4OC)cc3[nH]2)cc1. The Morgan fingerprint density at radius 3 is 2.45 bits per heavy atom. The molecule has 31 heavy (non-hydrogen) atoms. The number of rotatable bonds is 7. The number of aromatic amines is 1. The predicted molar refractivity (Wildman–Crippen MR) is 116 cm³/mol. The third-order valence-electron chi connectivity index (χ3n) is 4.82. The molecule has 0 amide bonds. The molecule has 7 nitrogen and oxygen atoms in total. The highest BCUT2D eigenvalue weighted by molar-refractivity contribution is 6.01. The van der Waals surface area contributed by atoms with Crippen molar-refractivity contribution in [3.63, 3.8) is 0 Å². The summed E-state index contributed by atoms with van der Waals surface area (Å²) in [6.45, 7) is -0.378. The van der Waals surface area contributed by atoms with Crippen LogP contribution in [0.25, 0.3) is 22.4 Å². The topological polar surface area (TPSA) is 90.5 Å². The number of hydrogen-bond donors (Lipinski definition) is 1. The van der Waals surface area contributed by atoms with Gasteiger partial charge in [-0.3, -0.25) is 4.79 Å². The van der Waals surface area contributed by atoms with E-state index >= 15 is 0 Å². The average Bonchev–Trinajstić information content (AvgIpc) is 3.25. The Bertz CT molecular complexity index is 1240. The summed E-state index contributed by atoms with van der Waals surface area (Å²) >= 11 is 0. The van der Waals surface area contributed by atoms with Crippen LogP contribution in [0.1, 0.15) is 20.7 Å². The molecule has 0 unspecified atom stereocenters. The van der Waals surface area contributed by atoms with Crippen LogP contribution in [0.2, 0.25) is 0 Å². The number of fused-ring (bicyclic) bond motifs is 1. The number of aromatic nitrogens is 2. The van der Waals surface area contributed by atoms with Crippen molar-refractivity contribution < 1.29 is 23.8 Å². The summed E-state index contributed by atoms with van der Waals surface area (Å²) in [5.74, 6) is 0.941. The quantitative estimate of drug-likeness (QED) is 0.357. The Kier molecular flexibility index (Phi) is 5.66. The molecule has 0 aliphatic rings. The van der Waals surface area contributed by atoms with Gasteiger partial charge in [0.05, 0.1) is 36.4 Å². The zero-order chi connectivity index (χ0) is 21.8. The zero-order valence-corrected chi connectivity index (χ0v) is 17.0. The second kappa shape index (κ2) is 8.71. The molecular formula is C24H20N2O5. The van der Waals surface area contributed by atoms with Crippen molar-refractivity contribution in [1.82, 2.24) is 9.97 Å². The minimum atomic E-state index is -0.592. The summed E-state index contributed by atoms with van der Waals surface area (Å²) in [4.78, 5) is 32.6. The number of ether oxygens (including phenoxy) is 3. The number of para-hydroxylation sites is 1. The van der Waals surface area contributed by atoms with Crippen LogP contribution >= 0.6 is 0 Å². The Hall–Kier alpha value is -4.13. The van der Waals surface area contributed by atoms with Gasteiger partial charge in [-0.1, -0.05) is 12.1 Å². The van der Waals surface area contributed by atoms with Crippen molar-refractivity contribution in [2.45, 2.75) is 0 Å². The van der Waals surface area contributed by atoms with Crippen LogP contribution in [0.5, 0.6) is 11.5 Å². The fourth-order valence-electron chi connectivity index (χ4n) is 3.19. The van der Waals surface area contributed by atoms with Gasteiger partial charge in [0.1, 0.15) is 17.3 Å². The van der Waals surface area contributed by atoms with E-state index in [2.05, 4.69) is 9.97 Å². The molecular weight excluding hydrogens is 396 g/mol. The van der Waals surface area contributed by atoms with Crippen molar-refractivity contribution in [2.24, 2.45) is 0 Å². The van der Waals surface area contributed by atoms with Crippen molar-refractivity contribution in [3.05, 3.63) is 77.9 Å². The number of nitrogens with zero attached hydrogens (tertiary/aromatic N) is 1. The van der Waals surface area contributed by atoms with Gasteiger partial charge in [-0.15, -0.1) is 0 Å². The molecule has 0 fully saturated rings. The van der Waals surface area contributed by atoms with Crippen LogP contribution in [0.15, 0.2) is 66.7 Å². The zero-order valence-electron chi connectivity index (χ0n) is 17.0.